The van der Waals surface area contributed by atoms with Crippen molar-refractivity contribution in [3.63, 3.8) is 0 Å². The van der Waals surface area contributed by atoms with Gasteiger partial charge in [0.05, 0.1) is 13.1 Å². The summed E-state index contributed by atoms with van der Waals surface area (Å²) in [5.74, 6) is 1.27. The molecule has 2 aromatic carbocycles. The first-order chi connectivity index (χ1) is 15.6. The van der Waals surface area contributed by atoms with Gasteiger partial charge in [-0.25, -0.2) is 0 Å². The van der Waals surface area contributed by atoms with Gasteiger partial charge in [0.15, 0.2) is 5.72 Å². The van der Waals surface area contributed by atoms with Gasteiger partial charge in [-0.05, 0) is 91.9 Å². The number of hydrazone groups is 1. The van der Waals surface area contributed by atoms with Crippen molar-refractivity contribution in [3.8, 4) is 11.5 Å². The zero-order valence-electron chi connectivity index (χ0n) is 19.6. The quantitative estimate of drug-likeness (QED) is 0.0658. The molecule has 0 bridgehead atoms. The molecule has 0 aliphatic rings. The molecule has 0 saturated heterocycles. The maximum atomic E-state index is 10.8. The summed E-state index contributed by atoms with van der Waals surface area (Å²) in [4.78, 5) is 13.7. The van der Waals surface area contributed by atoms with Crippen LogP contribution in [0.4, 0.5) is 0 Å². The molecule has 0 aliphatic carbocycles. The number of rotatable bonds is 12. The van der Waals surface area contributed by atoms with Crippen LogP contribution >= 0.6 is 6.85 Å². The molecule has 0 fully saturated rings. The molecule has 8 nitrogen and oxygen atoms in total. The maximum absolute atomic E-state index is 10.8. The van der Waals surface area contributed by atoms with E-state index in [4.69, 9.17) is 26.8 Å². The van der Waals surface area contributed by atoms with Crippen LogP contribution in [0.1, 0.15) is 56.5 Å². The highest BCUT2D eigenvalue weighted by molar-refractivity contribution is 8.04. The smallest absolute Gasteiger partial charge is 0.185 e. The van der Waals surface area contributed by atoms with Crippen LogP contribution in [0.3, 0.4) is 0 Å². The Morgan fingerprint density at radius 3 is 2.12 bits per heavy atom. The van der Waals surface area contributed by atoms with Gasteiger partial charge in [-0.3, -0.25) is 9.57 Å². The highest BCUT2D eigenvalue weighted by atomic mass is 32.4. The van der Waals surface area contributed by atoms with E-state index in [1.807, 2.05) is 52.1 Å². The molecule has 0 heterocycles. The van der Waals surface area contributed by atoms with E-state index >= 15 is 0 Å². The minimum atomic E-state index is -1.61. The molecule has 2 rings (SSSR count). The van der Waals surface area contributed by atoms with Crippen LogP contribution < -0.4 is 9.47 Å². The zero-order chi connectivity index (χ0) is 24.5. The van der Waals surface area contributed by atoms with E-state index in [9.17, 15) is 4.79 Å². The highest BCUT2D eigenvalue weighted by Gasteiger charge is 2.27. The Morgan fingerprint density at radius 1 is 1.06 bits per heavy atom. The molecule has 0 aromatic heterocycles. The first-order valence-electron chi connectivity index (χ1n) is 10.5. The van der Waals surface area contributed by atoms with Crippen LogP contribution in [-0.2, 0) is 11.8 Å². The number of nitrogens with zero attached hydrogens (tertiary/aromatic N) is 5. The third-order valence-electron chi connectivity index (χ3n) is 4.77. The van der Waals surface area contributed by atoms with E-state index in [2.05, 4.69) is 15.1 Å². The Hall–Kier alpha value is -2.86. The predicted octanol–water partition coefficient (Wildman–Crippen LogP) is 6.38. The van der Waals surface area contributed by atoms with Crippen molar-refractivity contribution in [3.05, 3.63) is 70.1 Å². The second-order valence-electron chi connectivity index (χ2n) is 8.16. The van der Waals surface area contributed by atoms with Gasteiger partial charge in [-0.15, -0.1) is 0 Å². The summed E-state index contributed by atoms with van der Waals surface area (Å²) in [6, 6.07) is 14.3. The molecule has 0 saturated carbocycles. The van der Waals surface area contributed by atoms with Crippen LogP contribution in [0.25, 0.3) is 10.4 Å². The number of carbonyl (C=O) groups excluding carboxylic acids is 1. The van der Waals surface area contributed by atoms with Crippen molar-refractivity contribution in [1.29, 1.82) is 0 Å². The fourth-order valence-corrected chi connectivity index (χ4v) is 4.52. The van der Waals surface area contributed by atoms with E-state index in [0.29, 0.717) is 23.5 Å². The van der Waals surface area contributed by atoms with Gasteiger partial charge in [0.1, 0.15) is 23.1 Å². The summed E-state index contributed by atoms with van der Waals surface area (Å²) in [5.41, 5.74) is 9.36. The molecular formula is C23H30N5O3PS. The van der Waals surface area contributed by atoms with Gasteiger partial charge in [-0.1, -0.05) is 25.2 Å². The number of hydrogen-bond donors (Lipinski definition) is 0. The van der Waals surface area contributed by atoms with Gasteiger partial charge in [0.2, 0.25) is 0 Å². The van der Waals surface area contributed by atoms with Crippen LogP contribution in [0.15, 0.2) is 58.7 Å². The number of aldehydes is 1. The zero-order valence-corrected chi connectivity index (χ0v) is 21.4. The van der Waals surface area contributed by atoms with Crippen LogP contribution in [0.2, 0.25) is 0 Å². The summed E-state index contributed by atoms with van der Waals surface area (Å²) in [5, 5.41) is 7.69. The average molecular weight is 488 g/mol. The normalized spacial score (nSPS) is 14.1. The molecule has 2 unspecified atom stereocenters. The lowest BCUT2D eigenvalue weighted by Crippen LogP contribution is -2.28. The Balaban J connectivity index is 2.03. The van der Waals surface area contributed by atoms with Crippen molar-refractivity contribution in [1.82, 2.24) is 4.78 Å². The van der Waals surface area contributed by atoms with E-state index in [1.165, 1.54) is 0 Å². The third-order valence-corrected chi connectivity index (χ3v) is 8.87. The Kier molecular flexibility index (Phi) is 9.47. The predicted molar refractivity (Wildman–Crippen MR) is 137 cm³/mol. The molecule has 176 valence electrons. The lowest BCUT2D eigenvalue weighted by Gasteiger charge is -2.32. The van der Waals surface area contributed by atoms with E-state index in [-0.39, 0.29) is 0 Å². The molecular weight excluding hydrogens is 457 g/mol. The minimum absolute atomic E-state index is 0.593. The lowest BCUT2D eigenvalue weighted by molar-refractivity contribution is 0.0857. The molecule has 2 aromatic rings. The minimum Gasteiger partial charge on any atom is -0.481 e. The summed E-state index contributed by atoms with van der Waals surface area (Å²) in [6.07, 6.45) is 3.98. The maximum Gasteiger partial charge on any atom is 0.185 e. The number of carbonyl (C=O) groups is 1. The Labute approximate surface area is 200 Å². The molecule has 0 aliphatic heterocycles. The molecule has 2 atom stereocenters. The van der Waals surface area contributed by atoms with Gasteiger partial charge in [0.25, 0.3) is 0 Å². The standard InChI is InChI=1S/C23H30N5O3PS/c1-6-15-23(4,26-27-24)31-21-11-7-18(8-12-21)16-25-28(5)32(33)22(2,3)30-20-13-9-19(17-29)10-14-20/h7-14,16-17,32H,6,15H2,1-5H3/b25-16+. The topological polar surface area (TPSA) is 99.9 Å². The van der Waals surface area contributed by atoms with Crippen LogP contribution in [0, 0.1) is 0 Å². The van der Waals surface area contributed by atoms with E-state index in [1.54, 1.807) is 42.2 Å². The molecule has 10 heteroatoms. The summed E-state index contributed by atoms with van der Waals surface area (Å²) < 4.78 is 13.8. The molecule has 0 radical (unpaired) electrons. The SMILES string of the molecule is CCCC(C)(N=[N+]=[N-])Oc1ccc(/C=N/N(C)[PH](=S)C(C)(C)Oc2ccc(C=O)cc2)cc1. The van der Waals surface area contributed by atoms with Crippen molar-refractivity contribution in [2.75, 3.05) is 7.05 Å². The number of azide groups is 1. The van der Waals surface area contributed by atoms with Crippen molar-refractivity contribution in [2.45, 2.75) is 51.6 Å². The average Bonchev–Trinajstić information content (AvgIpc) is 2.78. The largest absolute Gasteiger partial charge is 0.481 e. The number of benzene rings is 2. The van der Waals surface area contributed by atoms with Gasteiger partial charge >= 0.3 is 0 Å². The molecule has 0 amide bonds. The summed E-state index contributed by atoms with van der Waals surface area (Å²) >= 11 is 5.76. The van der Waals surface area contributed by atoms with Crippen LogP contribution in [0.5, 0.6) is 11.5 Å². The summed E-state index contributed by atoms with van der Waals surface area (Å²) in [7, 11) is 1.84. The monoisotopic (exact) mass is 487 g/mol. The second-order valence-corrected chi connectivity index (χ2v) is 11.8. The highest BCUT2D eigenvalue weighted by Crippen LogP contribution is 2.43. The third kappa shape index (κ3) is 7.90. The van der Waals surface area contributed by atoms with E-state index < -0.39 is 17.9 Å². The first-order valence-corrected chi connectivity index (χ1v) is 13.1. The van der Waals surface area contributed by atoms with E-state index in [0.717, 1.165) is 18.3 Å². The Morgan fingerprint density at radius 2 is 1.61 bits per heavy atom. The molecule has 0 spiro atoms. The van der Waals surface area contributed by atoms with Crippen molar-refractivity contribution >= 4 is 31.2 Å². The Bertz CT molecular complexity index is 1040. The second kappa shape index (κ2) is 11.8. The first kappa shape index (κ1) is 26.4. The number of ether oxygens (including phenoxy) is 2. The lowest BCUT2D eigenvalue weighted by atomic mass is 10.1. The van der Waals surface area contributed by atoms with Gasteiger partial charge < -0.3 is 9.47 Å². The fraction of sp³-hybridized carbons (Fsp3) is 0.391. The number of hydrogen-bond acceptors (Lipinski definition) is 6. The van der Waals surface area contributed by atoms with Crippen molar-refractivity contribution in [2.24, 2.45) is 10.2 Å². The fourth-order valence-electron chi connectivity index (χ4n) is 3.10. The van der Waals surface area contributed by atoms with Crippen molar-refractivity contribution < 1.29 is 14.3 Å². The van der Waals surface area contributed by atoms with Gasteiger partial charge in [0, 0.05) is 17.5 Å². The molecule has 0 N–H and O–H groups in total. The molecule has 33 heavy (non-hydrogen) atoms. The summed E-state index contributed by atoms with van der Waals surface area (Å²) in [6.45, 7) is 6.05. The van der Waals surface area contributed by atoms with Crippen LogP contribution in [-0.4, -0.2) is 35.4 Å². The van der Waals surface area contributed by atoms with Gasteiger partial charge in [-0.2, -0.15) is 5.10 Å².